The van der Waals surface area contributed by atoms with E-state index in [9.17, 15) is 4.39 Å². The summed E-state index contributed by atoms with van der Waals surface area (Å²) < 4.78 is 19.5. The van der Waals surface area contributed by atoms with E-state index in [1.165, 1.54) is 31.4 Å². The molecule has 1 aromatic carbocycles. The van der Waals surface area contributed by atoms with Crippen LogP contribution in [0.2, 0.25) is 0 Å². The van der Waals surface area contributed by atoms with Gasteiger partial charge in [-0.25, -0.2) is 9.37 Å². The average Bonchev–Trinajstić information content (AvgIpc) is 3.08. The van der Waals surface area contributed by atoms with E-state index in [1.807, 2.05) is 0 Å². The monoisotopic (exact) mass is 310 g/mol. The van der Waals surface area contributed by atoms with Crippen molar-refractivity contribution in [2.45, 2.75) is 25.4 Å². The molecule has 0 amide bonds. The Bertz CT molecular complexity index is 566. The van der Waals surface area contributed by atoms with Gasteiger partial charge in [0.05, 0.1) is 0 Å². The number of nitrogens with one attached hydrogen (secondary N) is 1. The van der Waals surface area contributed by atoms with Crippen LogP contribution < -0.4 is 5.32 Å². The van der Waals surface area contributed by atoms with Gasteiger partial charge in [0.1, 0.15) is 11.5 Å². The van der Waals surface area contributed by atoms with Crippen LogP contribution in [0.3, 0.4) is 0 Å². The fourth-order valence-corrected chi connectivity index (χ4v) is 2.24. The second kappa shape index (κ2) is 4.82. The van der Waals surface area contributed by atoms with Crippen molar-refractivity contribution in [1.82, 2.24) is 10.3 Å². The third-order valence-corrected chi connectivity index (χ3v) is 3.64. The molecule has 1 fully saturated rings. The van der Waals surface area contributed by atoms with Crippen molar-refractivity contribution in [2.24, 2.45) is 0 Å². The largest absolute Gasteiger partial charge is 0.443 e. The zero-order chi connectivity index (χ0) is 12.5. The molecule has 0 atom stereocenters. The summed E-state index contributed by atoms with van der Waals surface area (Å²) in [6.45, 7) is 0.652. The molecule has 1 aromatic heterocycles. The molecular formula is C13H12BrFN2O. The van der Waals surface area contributed by atoms with E-state index in [1.54, 1.807) is 6.07 Å². The van der Waals surface area contributed by atoms with Crippen LogP contribution in [-0.4, -0.2) is 11.0 Å². The third-order valence-electron chi connectivity index (χ3n) is 2.95. The molecule has 1 saturated carbocycles. The van der Waals surface area contributed by atoms with Crippen LogP contribution in [0.4, 0.5) is 4.39 Å². The van der Waals surface area contributed by atoms with Crippen molar-refractivity contribution in [3.63, 3.8) is 0 Å². The molecule has 2 aromatic rings. The van der Waals surface area contributed by atoms with E-state index < -0.39 is 0 Å². The zero-order valence-corrected chi connectivity index (χ0v) is 11.2. The molecule has 5 heteroatoms. The first kappa shape index (κ1) is 11.9. The maximum absolute atomic E-state index is 13.3. The normalized spacial score (nSPS) is 15.0. The molecule has 3 nitrogen and oxygen atoms in total. The molecule has 1 aliphatic carbocycles. The Morgan fingerprint density at radius 1 is 1.44 bits per heavy atom. The van der Waals surface area contributed by atoms with E-state index in [4.69, 9.17) is 4.42 Å². The van der Waals surface area contributed by atoms with E-state index in [2.05, 4.69) is 26.2 Å². The van der Waals surface area contributed by atoms with Gasteiger partial charge < -0.3 is 9.73 Å². The highest BCUT2D eigenvalue weighted by Crippen LogP contribution is 2.31. The van der Waals surface area contributed by atoms with Crippen molar-refractivity contribution in [3.05, 3.63) is 40.6 Å². The maximum Gasteiger partial charge on any atom is 0.181 e. The molecule has 0 aliphatic heterocycles. The predicted octanol–water partition coefficient (Wildman–Crippen LogP) is 3.50. The van der Waals surface area contributed by atoms with E-state index in [-0.39, 0.29) is 5.82 Å². The molecule has 94 valence electrons. The molecule has 0 saturated heterocycles. The lowest BCUT2D eigenvalue weighted by atomic mass is 10.1. The maximum atomic E-state index is 13.3. The fraction of sp³-hybridized carbons (Fsp3) is 0.308. The van der Waals surface area contributed by atoms with E-state index >= 15 is 0 Å². The molecular weight excluding hydrogens is 299 g/mol. The number of oxazole rings is 1. The number of rotatable bonds is 4. The second-order valence-corrected chi connectivity index (χ2v) is 5.26. The Labute approximate surface area is 113 Å². The van der Waals surface area contributed by atoms with Gasteiger partial charge in [-0.05, 0) is 31.0 Å². The molecule has 0 unspecified atom stereocenters. The van der Waals surface area contributed by atoms with Crippen LogP contribution >= 0.6 is 15.9 Å². The van der Waals surface area contributed by atoms with Crippen molar-refractivity contribution in [2.75, 3.05) is 0 Å². The molecule has 1 aliphatic rings. The van der Waals surface area contributed by atoms with Gasteiger partial charge in [0.2, 0.25) is 0 Å². The average molecular weight is 311 g/mol. The highest BCUT2D eigenvalue weighted by molar-refractivity contribution is 9.10. The number of hydrogen-bond donors (Lipinski definition) is 1. The number of hydrogen-bond acceptors (Lipinski definition) is 3. The Balaban J connectivity index is 1.90. The minimum absolute atomic E-state index is 0.286. The zero-order valence-electron chi connectivity index (χ0n) is 9.62. The molecule has 3 rings (SSSR count). The summed E-state index contributed by atoms with van der Waals surface area (Å²) in [6.07, 6.45) is 3.84. The minimum Gasteiger partial charge on any atom is -0.443 e. The fourth-order valence-electron chi connectivity index (χ4n) is 1.81. The molecule has 0 spiro atoms. The SMILES string of the molecule is Fc1ccc(Br)c(-c2ocnc2CNC2CC2)c1. The molecule has 1 heterocycles. The minimum atomic E-state index is -0.286. The molecule has 18 heavy (non-hydrogen) atoms. The van der Waals surface area contributed by atoms with Gasteiger partial charge in [-0.2, -0.15) is 0 Å². The smallest absolute Gasteiger partial charge is 0.181 e. The predicted molar refractivity (Wildman–Crippen MR) is 69.5 cm³/mol. The van der Waals surface area contributed by atoms with Crippen LogP contribution in [0.15, 0.2) is 33.5 Å². The van der Waals surface area contributed by atoms with Crippen LogP contribution in [-0.2, 0) is 6.54 Å². The number of halogens is 2. The van der Waals surface area contributed by atoms with Crippen LogP contribution in [0, 0.1) is 5.82 Å². The quantitative estimate of drug-likeness (QED) is 0.939. The Morgan fingerprint density at radius 3 is 3.06 bits per heavy atom. The lowest BCUT2D eigenvalue weighted by Crippen LogP contribution is -2.16. The van der Waals surface area contributed by atoms with E-state index in [0.29, 0.717) is 23.9 Å². The number of aromatic nitrogens is 1. The lowest BCUT2D eigenvalue weighted by molar-refractivity contribution is 0.567. The summed E-state index contributed by atoms with van der Waals surface area (Å²) in [7, 11) is 0. The summed E-state index contributed by atoms with van der Waals surface area (Å²) in [6, 6.07) is 5.13. The first-order valence-corrected chi connectivity index (χ1v) is 6.64. The van der Waals surface area contributed by atoms with Gasteiger partial charge in [-0.15, -0.1) is 0 Å². The topological polar surface area (TPSA) is 38.1 Å². The van der Waals surface area contributed by atoms with Crippen LogP contribution in [0.5, 0.6) is 0 Å². The molecule has 0 radical (unpaired) electrons. The lowest BCUT2D eigenvalue weighted by Gasteiger charge is -2.05. The highest BCUT2D eigenvalue weighted by Gasteiger charge is 2.22. The van der Waals surface area contributed by atoms with Crippen molar-refractivity contribution >= 4 is 15.9 Å². The highest BCUT2D eigenvalue weighted by atomic mass is 79.9. The summed E-state index contributed by atoms with van der Waals surface area (Å²) in [5, 5.41) is 3.37. The molecule has 1 N–H and O–H groups in total. The van der Waals surface area contributed by atoms with Gasteiger partial charge in [0.25, 0.3) is 0 Å². The van der Waals surface area contributed by atoms with Crippen LogP contribution in [0.1, 0.15) is 18.5 Å². The number of benzene rings is 1. The van der Waals surface area contributed by atoms with Crippen molar-refractivity contribution in [3.8, 4) is 11.3 Å². The van der Waals surface area contributed by atoms with Crippen LogP contribution in [0.25, 0.3) is 11.3 Å². The standard InChI is InChI=1S/C13H12BrFN2O/c14-11-4-1-8(15)5-10(11)13-12(17-7-18-13)6-16-9-2-3-9/h1,4-5,7,9,16H,2-3,6H2. The first-order chi connectivity index (χ1) is 8.74. The van der Waals surface area contributed by atoms with Gasteiger partial charge in [0.15, 0.2) is 12.2 Å². The van der Waals surface area contributed by atoms with Gasteiger partial charge in [0, 0.05) is 22.6 Å². The Kier molecular flexibility index (Phi) is 3.18. The summed E-state index contributed by atoms with van der Waals surface area (Å²) in [5.74, 6) is 0.334. The van der Waals surface area contributed by atoms with Gasteiger partial charge in [-0.1, -0.05) is 15.9 Å². The summed E-state index contributed by atoms with van der Waals surface area (Å²) >= 11 is 3.40. The Hall–Kier alpha value is -1.20. The molecule has 0 bridgehead atoms. The summed E-state index contributed by atoms with van der Waals surface area (Å²) in [4.78, 5) is 4.19. The second-order valence-electron chi connectivity index (χ2n) is 4.41. The Morgan fingerprint density at radius 2 is 2.28 bits per heavy atom. The van der Waals surface area contributed by atoms with Gasteiger partial charge in [-0.3, -0.25) is 0 Å². The van der Waals surface area contributed by atoms with E-state index in [0.717, 1.165) is 10.2 Å². The number of nitrogens with zero attached hydrogens (tertiary/aromatic N) is 1. The summed E-state index contributed by atoms with van der Waals surface area (Å²) in [5.41, 5.74) is 1.51. The van der Waals surface area contributed by atoms with Crippen molar-refractivity contribution in [1.29, 1.82) is 0 Å². The van der Waals surface area contributed by atoms with Gasteiger partial charge >= 0.3 is 0 Å². The third kappa shape index (κ3) is 2.47. The van der Waals surface area contributed by atoms with Crippen molar-refractivity contribution < 1.29 is 8.81 Å². The first-order valence-electron chi connectivity index (χ1n) is 5.85.